The molecule has 1 unspecified atom stereocenters. The number of carbonyl (C=O) groups excluding carboxylic acids is 1. The van der Waals surface area contributed by atoms with E-state index in [4.69, 9.17) is 33.8 Å². The Balaban J connectivity index is 2.12. The van der Waals surface area contributed by atoms with E-state index >= 15 is 0 Å². The second-order valence-corrected chi connectivity index (χ2v) is 6.98. The number of hydrogen-bond acceptors (Lipinski definition) is 4. The molecule has 1 amide bonds. The van der Waals surface area contributed by atoms with Crippen LogP contribution in [0.4, 0.5) is 22.0 Å². The van der Waals surface area contributed by atoms with Crippen molar-refractivity contribution in [3.63, 3.8) is 0 Å². The molecule has 2 aromatic carbocycles. The molecular weight excluding hydrogens is 458 g/mol. The van der Waals surface area contributed by atoms with E-state index < -0.39 is 35.6 Å². The number of alkyl halides is 5. The molecule has 0 aromatic heterocycles. The third-order valence-corrected chi connectivity index (χ3v) is 4.59. The van der Waals surface area contributed by atoms with Gasteiger partial charge >= 0.3 is 12.8 Å². The highest BCUT2D eigenvalue weighted by atomic mass is 35.5. The van der Waals surface area contributed by atoms with E-state index in [1.54, 1.807) is 0 Å². The molecule has 3 N–H and O–H groups in total. The fraction of sp³-hybridized carbons (Fsp3) is 0.167. The Morgan fingerprint density at radius 3 is 2.30 bits per heavy atom. The van der Waals surface area contributed by atoms with Crippen molar-refractivity contribution in [3.05, 3.63) is 69.2 Å². The van der Waals surface area contributed by atoms with Gasteiger partial charge in [-0.2, -0.15) is 22.0 Å². The molecule has 1 aliphatic heterocycles. The first-order valence-corrected chi connectivity index (χ1v) is 8.78. The van der Waals surface area contributed by atoms with Crippen LogP contribution in [0.25, 0.3) is 5.70 Å². The summed E-state index contributed by atoms with van der Waals surface area (Å²) in [6.07, 6.45) is -4.26. The minimum atomic E-state index is -4.95. The summed E-state index contributed by atoms with van der Waals surface area (Å²) in [6.45, 7) is -3.29. The highest BCUT2D eigenvalue weighted by Crippen LogP contribution is 2.48. The van der Waals surface area contributed by atoms with Crippen LogP contribution >= 0.6 is 23.2 Å². The third kappa shape index (κ3) is 4.16. The molecule has 1 heterocycles. The van der Waals surface area contributed by atoms with E-state index in [1.807, 2.05) is 0 Å². The molecule has 160 valence electrons. The highest BCUT2D eigenvalue weighted by Gasteiger charge is 2.59. The summed E-state index contributed by atoms with van der Waals surface area (Å²) in [5.41, 5.74) is 3.23. The van der Waals surface area contributed by atoms with Crippen LogP contribution in [0.5, 0.6) is 5.75 Å². The van der Waals surface area contributed by atoms with Crippen molar-refractivity contribution in [2.24, 2.45) is 5.73 Å². The fourth-order valence-electron chi connectivity index (χ4n) is 2.84. The average Bonchev–Trinajstić information content (AvgIpc) is 3.06. The zero-order valence-corrected chi connectivity index (χ0v) is 16.1. The molecule has 5 nitrogen and oxygen atoms in total. The molecule has 0 fully saturated rings. The van der Waals surface area contributed by atoms with Crippen LogP contribution in [0.15, 0.2) is 42.5 Å². The van der Waals surface area contributed by atoms with Crippen molar-refractivity contribution >= 4 is 34.8 Å². The number of primary amides is 1. The zero-order chi connectivity index (χ0) is 22.3. The number of benzene rings is 2. The van der Waals surface area contributed by atoms with E-state index in [0.717, 1.165) is 24.3 Å². The number of ether oxygens (including phenoxy) is 1. The van der Waals surface area contributed by atoms with Gasteiger partial charge < -0.3 is 10.5 Å². The van der Waals surface area contributed by atoms with E-state index in [0.29, 0.717) is 6.08 Å². The summed E-state index contributed by atoms with van der Waals surface area (Å²) < 4.78 is 71.5. The number of nitrogens with two attached hydrogens (primary N) is 1. The molecule has 30 heavy (non-hydrogen) atoms. The van der Waals surface area contributed by atoms with Crippen molar-refractivity contribution < 1.29 is 36.3 Å². The standard InChI is InChI=1S/C18H11Cl2F5N2O3/c19-10-4-9(5-11(20)6-10)17(18(23,24)25)7-13(27-30-17)8-1-2-12(15(26)28)14(3-8)29-16(21)22/h1-7,16,27H,(H2,26,28). The largest absolute Gasteiger partial charge is 0.434 e. The van der Waals surface area contributed by atoms with Gasteiger partial charge in [0.2, 0.25) is 5.60 Å². The van der Waals surface area contributed by atoms with Crippen molar-refractivity contribution in [1.29, 1.82) is 0 Å². The summed E-state index contributed by atoms with van der Waals surface area (Å²) in [5, 5.41) is -0.102. The van der Waals surface area contributed by atoms with Crippen LogP contribution in [0, 0.1) is 0 Å². The van der Waals surface area contributed by atoms with Crippen LogP contribution in [-0.4, -0.2) is 18.7 Å². The summed E-state index contributed by atoms with van der Waals surface area (Å²) in [5.74, 6) is -1.66. The van der Waals surface area contributed by atoms with Gasteiger partial charge in [-0.05, 0) is 36.4 Å². The molecule has 12 heteroatoms. The van der Waals surface area contributed by atoms with E-state index in [2.05, 4.69) is 10.2 Å². The number of rotatable bonds is 5. The molecule has 0 spiro atoms. The zero-order valence-electron chi connectivity index (χ0n) is 14.6. The number of amides is 1. The van der Waals surface area contributed by atoms with Gasteiger partial charge in [0.25, 0.3) is 5.91 Å². The van der Waals surface area contributed by atoms with E-state index in [-0.39, 0.29) is 26.9 Å². The van der Waals surface area contributed by atoms with Gasteiger partial charge in [-0.15, -0.1) is 0 Å². The Hall–Kier alpha value is -2.56. The number of carbonyl (C=O) groups is 1. The third-order valence-electron chi connectivity index (χ3n) is 4.16. The monoisotopic (exact) mass is 468 g/mol. The molecule has 0 radical (unpaired) electrons. The maximum absolute atomic E-state index is 14.0. The molecule has 2 aromatic rings. The van der Waals surface area contributed by atoms with Gasteiger partial charge in [0.15, 0.2) is 0 Å². The lowest BCUT2D eigenvalue weighted by molar-refractivity contribution is -0.269. The Kier molecular flexibility index (Phi) is 5.85. The Bertz CT molecular complexity index is 1010. The minimum Gasteiger partial charge on any atom is -0.434 e. The van der Waals surface area contributed by atoms with E-state index in [9.17, 15) is 26.7 Å². The van der Waals surface area contributed by atoms with Crippen molar-refractivity contribution in [2.45, 2.75) is 18.4 Å². The second kappa shape index (κ2) is 7.93. The number of halogens is 7. The summed E-state index contributed by atoms with van der Waals surface area (Å²) in [7, 11) is 0. The van der Waals surface area contributed by atoms with Crippen LogP contribution in [0.3, 0.4) is 0 Å². The molecule has 0 saturated heterocycles. The molecule has 1 aliphatic rings. The smallest absolute Gasteiger partial charge is 0.428 e. The first kappa shape index (κ1) is 22.1. The SMILES string of the molecule is NC(=O)c1ccc(C2=CC(c3cc(Cl)cc(Cl)c3)(C(F)(F)F)ON2)cc1OC(F)F. The first-order chi connectivity index (χ1) is 13.9. The molecular formula is C18H11Cl2F5N2O3. The van der Waals surface area contributed by atoms with Gasteiger partial charge in [0.05, 0.1) is 11.3 Å². The molecule has 3 rings (SSSR count). The fourth-order valence-corrected chi connectivity index (χ4v) is 3.37. The molecule has 0 aliphatic carbocycles. The highest BCUT2D eigenvalue weighted by molar-refractivity contribution is 6.34. The van der Waals surface area contributed by atoms with Crippen molar-refractivity contribution in [1.82, 2.24) is 5.48 Å². The number of hydroxylamine groups is 1. The number of nitrogens with one attached hydrogen (secondary N) is 1. The van der Waals surface area contributed by atoms with Crippen molar-refractivity contribution in [2.75, 3.05) is 0 Å². The lowest BCUT2D eigenvalue weighted by Crippen LogP contribution is -2.42. The lowest BCUT2D eigenvalue weighted by Gasteiger charge is -2.28. The Morgan fingerprint density at radius 2 is 1.77 bits per heavy atom. The first-order valence-electron chi connectivity index (χ1n) is 8.02. The molecule has 1 atom stereocenters. The Morgan fingerprint density at radius 1 is 1.13 bits per heavy atom. The second-order valence-electron chi connectivity index (χ2n) is 6.11. The van der Waals surface area contributed by atoms with Gasteiger partial charge in [-0.25, -0.2) is 0 Å². The minimum absolute atomic E-state index is 0.0325. The Labute approximate surface area is 176 Å². The van der Waals surface area contributed by atoms with Crippen LogP contribution in [-0.2, 0) is 10.4 Å². The van der Waals surface area contributed by atoms with Gasteiger partial charge in [-0.3, -0.25) is 15.1 Å². The lowest BCUT2D eigenvalue weighted by atomic mass is 9.91. The topological polar surface area (TPSA) is 73.6 Å². The van der Waals surface area contributed by atoms with Gasteiger partial charge in [-0.1, -0.05) is 29.3 Å². The van der Waals surface area contributed by atoms with E-state index in [1.165, 1.54) is 12.1 Å². The predicted molar refractivity (Wildman–Crippen MR) is 98.0 cm³/mol. The quantitative estimate of drug-likeness (QED) is 0.603. The number of hydrogen-bond donors (Lipinski definition) is 2. The van der Waals surface area contributed by atoms with Gasteiger partial charge in [0, 0.05) is 21.2 Å². The predicted octanol–water partition coefficient (Wildman–Crippen LogP) is 5.03. The van der Waals surface area contributed by atoms with Crippen LogP contribution < -0.4 is 16.0 Å². The normalized spacial score (nSPS) is 18.9. The average molecular weight is 469 g/mol. The summed E-state index contributed by atoms with van der Waals surface area (Å²) in [6, 6.07) is 6.49. The summed E-state index contributed by atoms with van der Waals surface area (Å²) >= 11 is 11.7. The summed E-state index contributed by atoms with van der Waals surface area (Å²) in [4.78, 5) is 16.3. The van der Waals surface area contributed by atoms with Gasteiger partial charge in [0.1, 0.15) is 5.75 Å². The molecule has 0 saturated carbocycles. The maximum atomic E-state index is 14.0. The van der Waals surface area contributed by atoms with Crippen LogP contribution in [0.2, 0.25) is 10.0 Å². The van der Waals surface area contributed by atoms with Crippen molar-refractivity contribution in [3.8, 4) is 5.75 Å². The maximum Gasteiger partial charge on any atom is 0.428 e. The molecule has 0 bridgehead atoms. The van der Waals surface area contributed by atoms with Crippen LogP contribution in [0.1, 0.15) is 21.5 Å².